The number of rotatable bonds is 11. The first-order valence-electron chi connectivity index (χ1n) is 13.2. The topological polar surface area (TPSA) is 105 Å². The number of ether oxygens (including phenoxy) is 1. The van der Waals surface area contributed by atoms with Crippen LogP contribution in [0.1, 0.15) is 44.9 Å². The number of hydrogen-bond donors (Lipinski definition) is 2. The highest BCUT2D eigenvalue weighted by Crippen LogP contribution is 2.44. The third kappa shape index (κ3) is 6.34. The van der Waals surface area contributed by atoms with Gasteiger partial charge >= 0.3 is 0 Å². The molecule has 0 bridgehead atoms. The number of aliphatic hydroxyl groups excluding tert-OH is 1. The van der Waals surface area contributed by atoms with Crippen LogP contribution < -0.4 is 15.4 Å². The fraction of sp³-hybridized carbons (Fsp3) is 0.536. The number of aromatic nitrogens is 2. The zero-order chi connectivity index (χ0) is 28.5. The molecule has 3 heterocycles. The van der Waals surface area contributed by atoms with Gasteiger partial charge in [0.2, 0.25) is 0 Å². The second-order valence-electron chi connectivity index (χ2n) is 10.8. The van der Waals surface area contributed by atoms with Crippen molar-refractivity contribution in [2.75, 3.05) is 44.2 Å². The van der Waals surface area contributed by atoms with Gasteiger partial charge in [-0.15, -0.1) is 0 Å². The molecule has 8 nitrogen and oxygen atoms in total. The summed E-state index contributed by atoms with van der Waals surface area (Å²) in [7, 11) is 0. The number of anilines is 1. The summed E-state index contributed by atoms with van der Waals surface area (Å²) in [5.41, 5.74) is 8.39. The van der Waals surface area contributed by atoms with Gasteiger partial charge in [0.25, 0.3) is 6.43 Å². The third-order valence-corrected chi connectivity index (χ3v) is 7.54. The van der Waals surface area contributed by atoms with E-state index in [0.717, 1.165) is 6.42 Å². The van der Waals surface area contributed by atoms with E-state index in [9.17, 15) is 18.7 Å². The van der Waals surface area contributed by atoms with Crippen LogP contribution in [0.5, 0.6) is 5.75 Å². The molecular weight excluding hydrogens is 528 g/mol. The van der Waals surface area contributed by atoms with Crippen molar-refractivity contribution in [3.8, 4) is 17.1 Å². The van der Waals surface area contributed by atoms with E-state index in [1.54, 1.807) is 30.0 Å². The van der Waals surface area contributed by atoms with Gasteiger partial charge in [-0.1, -0.05) is 24.9 Å². The van der Waals surface area contributed by atoms with E-state index in [1.165, 1.54) is 6.92 Å². The Hall–Kier alpha value is -2.82. The van der Waals surface area contributed by atoms with Gasteiger partial charge in [-0.2, -0.15) is 0 Å². The molecule has 0 aliphatic carbocycles. The molecule has 4 rings (SSSR count). The molecule has 2 aromatic rings. The number of ketones is 1. The molecule has 1 atom stereocenters. The van der Waals surface area contributed by atoms with E-state index >= 15 is 0 Å². The summed E-state index contributed by atoms with van der Waals surface area (Å²) >= 11 is 6.59. The fourth-order valence-corrected chi connectivity index (χ4v) is 5.72. The minimum atomic E-state index is -2.34. The largest absolute Gasteiger partial charge is 0.491 e. The lowest BCUT2D eigenvalue weighted by atomic mass is 9.72. The molecule has 212 valence electrons. The number of alkyl halides is 2. The van der Waals surface area contributed by atoms with Crippen molar-refractivity contribution in [3.63, 3.8) is 0 Å². The van der Waals surface area contributed by atoms with Gasteiger partial charge in [-0.25, -0.2) is 18.7 Å². The Labute approximate surface area is 232 Å². The quantitative estimate of drug-likeness (QED) is 0.390. The number of allylic oxidation sites excluding steroid dienone is 2. The van der Waals surface area contributed by atoms with E-state index in [4.69, 9.17) is 32.0 Å². The summed E-state index contributed by atoms with van der Waals surface area (Å²) in [5, 5.41) is 10.5. The van der Waals surface area contributed by atoms with Crippen LogP contribution in [-0.2, 0) is 4.79 Å². The van der Waals surface area contributed by atoms with Crippen molar-refractivity contribution in [2.45, 2.75) is 53.1 Å². The highest BCUT2D eigenvalue weighted by Gasteiger charge is 2.52. The molecule has 1 aromatic carbocycles. The van der Waals surface area contributed by atoms with Crippen LogP contribution in [0, 0.1) is 12.3 Å². The van der Waals surface area contributed by atoms with Crippen molar-refractivity contribution in [1.82, 2.24) is 14.9 Å². The Bertz CT molecular complexity index is 1250. The molecule has 1 spiro atoms. The van der Waals surface area contributed by atoms with Crippen LogP contribution in [0.2, 0.25) is 5.02 Å². The number of carbonyl (C=O) groups is 1. The summed E-state index contributed by atoms with van der Waals surface area (Å²) in [6.07, 6.45) is -1.46. The maximum absolute atomic E-state index is 12.8. The van der Waals surface area contributed by atoms with Crippen LogP contribution in [-0.4, -0.2) is 77.6 Å². The maximum Gasteiger partial charge on any atom is 0.251 e. The highest BCUT2D eigenvalue weighted by molar-refractivity contribution is 6.33. The Balaban J connectivity index is 1.69. The zero-order valence-corrected chi connectivity index (χ0v) is 23.6. The minimum absolute atomic E-state index is 0.0413. The van der Waals surface area contributed by atoms with Gasteiger partial charge in [0.05, 0.1) is 28.9 Å². The summed E-state index contributed by atoms with van der Waals surface area (Å²) in [6.45, 7) is 9.44. The third-order valence-electron chi connectivity index (χ3n) is 7.21. The molecule has 2 saturated heterocycles. The lowest BCUT2D eigenvalue weighted by Crippen LogP contribution is -2.72. The number of nitrogens with two attached hydrogens (primary N) is 1. The van der Waals surface area contributed by atoms with E-state index in [1.807, 2.05) is 13.8 Å². The minimum Gasteiger partial charge on any atom is -0.491 e. The number of likely N-dealkylation sites (tertiary alicyclic amines) is 1. The second-order valence-corrected chi connectivity index (χ2v) is 11.2. The molecule has 0 unspecified atom stereocenters. The first kappa shape index (κ1) is 29.2. The Morgan fingerprint density at radius 1 is 1.23 bits per heavy atom. The monoisotopic (exact) mass is 563 g/mol. The Kier molecular flexibility index (Phi) is 8.78. The maximum atomic E-state index is 12.8. The van der Waals surface area contributed by atoms with Crippen molar-refractivity contribution in [1.29, 1.82) is 0 Å². The first-order valence-corrected chi connectivity index (χ1v) is 13.5. The Morgan fingerprint density at radius 2 is 1.92 bits per heavy atom. The molecular formula is C28H36ClF2N5O3. The SMILES string of the molecule is CCC[C@@H](O)COc1ccc(Cl)c(-c2nc(C(C(C)=O)=C(C)N)c(C)c(N3CC4(CN(CC(F)F)C4)C3)n2)c1. The van der Waals surface area contributed by atoms with Crippen LogP contribution in [0.25, 0.3) is 17.0 Å². The Morgan fingerprint density at radius 3 is 2.51 bits per heavy atom. The number of benzene rings is 1. The predicted molar refractivity (Wildman–Crippen MR) is 148 cm³/mol. The summed E-state index contributed by atoms with van der Waals surface area (Å²) in [4.78, 5) is 26.1. The highest BCUT2D eigenvalue weighted by atomic mass is 35.5. The summed E-state index contributed by atoms with van der Waals surface area (Å²) in [5.74, 6) is 1.24. The molecule has 11 heteroatoms. The van der Waals surface area contributed by atoms with Crippen molar-refractivity contribution < 1.29 is 23.4 Å². The summed E-state index contributed by atoms with van der Waals surface area (Å²) in [6, 6.07) is 5.12. The molecule has 39 heavy (non-hydrogen) atoms. The number of nitrogens with zero attached hydrogens (tertiary/aromatic N) is 4. The summed E-state index contributed by atoms with van der Waals surface area (Å²) < 4.78 is 31.3. The number of hydrogen-bond acceptors (Lipinski definition) is 8. The van der Waals surface area contributed by atoms with E-state index in [2.05, 4.69) is 4.90 Å². The van der Waals surface area contributed by atoms with Crippen molar-refractivity contribution in [3.05, 3.63) is 40.2 Å². The molecule has 2 aliphatic heterocycles. The molecule has 3 N–H and O–H groups in total. The fourth-order valence-electron chi connectivity index (χ4n) is 5.52. The van der Waals surface area contributed by atoms with Crippen LogP contribution in [0.3, 0.4) is 0 Å². The van der Waals surface area contributed by atoms with Crippen LogP contribution in [0.4, 0.5) is 14.6 Å². The van der Waals surface area contributed by atoms with Gasteiger partial charge in [-0.05, 0) is 45.4 Å². The van der Waals surface area contributed by atoms with Gasteiger partial charge in [-0.3, -0.25) is 9.69 Å². The molecule has 0 amide bonds. The molecule has 1 aromatic heterocycles. The van der Waals surface area contributed by atoms with Gasteiger partial charge in [0.15, 0.2) is 11.6 Å². The normalized spacial score (nSPS) is 18.0. The first-order chi connectivity index (χ1) is 18.4. The molecule has 0 saturated carbocycles. The van der Waals surface area contributed by atoms with Gasteiger partial charge < -0.3 is 20.5 Å². The molecule has 2 aliphatic rings. The standard InChI is InChI=1S/C28H36ClF2N5O3/c1-5-6-19(38)11-39-20-7-8-22(29)21(9-20)26-33-25(24(17(3)32)18(4)37)16(2)27(34-26)36-14-28(15-36)12-35(13-28)10-23(30)31/h7-9,19,23,38H,5-6,10-15,32H2,1-4H3/t19-/m1/s1. The van der Waals surface area contributed by atoms with Crippen LogP contribution >= 0.6 is 11.6 Å². The molecule has 2 fully saturated rings. The second kappa shape index (κ2) is 11.7. The average Bonchev–Trinajstić information content (AvgIpc) is 2.80. The zero-order valence-electron chi connectivity index (χ0n) is 22.8. The van der Waals surface area contributed by atoms with Crippen molar-refractivity contribution in [2.24, 2.45) is 11.1 Å². The number of halogens is 3. The van der Waals surface area contributed by atoms with E-state index in [0.29, 0.717) is 83.1 Å². The number of aliphatic hydroxyl groups is 1. The predicted octanol–water partition coefficient (Wildman–Crippen LogP) is 4.31. The smallest absolute Gasteiger partial charge is 0.251 e. The van der Waals surface area contributed by atoms with Gasteiger partial charge in [0, 0.05) is 48.4 Å². The van der Waals surface area contributed by atoms with E-state index in [-0.39, 0.29) is 24.3 Å². The molecule has 0 radical (unpaired) electrons. The van der Waals surface area contributed by atoms with E-state index < -0.39 is 12.5 Å². The lowest BCUT2D eigenvalue weighted by Gasteiger charge is -2.60. The number of Topliss-reactive ketones (excluding diaryl/α,β-unsaturated/α-hetero) is 1. The number of carbonyl (C=O) groups excluding carboxylic acids is 1. The van der Waals surface area contributed by atoms with Crippen molar-refractivity contribution >= 4 is 28.8 Å². The van der Waals surface area contributed by atoms with Gasteiger partial charge in [0.1, 0.15) is 18.2 Å². The average molecular weight is 564 g/mol. The van der Waals surface area contributed by atoms with Crippen LogP contribution in [0.15, 0.2) is 23.9 Å². The lowest BCUT2D eigenvalue weighted by molar-refractivity contribution is -0.111.